The number of rotatable bonds is 4. The maximum absolute atomic E-state index is 11.8. The third-order valence-electron chi connectivity index (χ3n) is 4.55. The SMILES string of the molecule is CCC(C)/C=C(\C)C1=Cc2cc3cc(OC)c(=O)oc3c(O)c2CO1. The van der Waals surface area contributed by atoms with E-state index in [1.807, 2.05) is 19.1 Å². The van der Waals surface area contributed by atoms with Crippen LogP contribution in [-0.2, 0) is 11.3 Å². The van der Waals surface area contributed by atoms with Crippen LogP contribution in [0, 0.1) is 5.92 Å². The molecule has 5 heteroatoms. The van der Waals surface area contributed by atoms with Crippen molar-refractivity contribution in [2.75, 3.05) is 7.11 Å². The first-order valence-electron chi connectivity index (χ1n) is 8.34. The van der Waals surface area contributed by atoms with E-state index in [-0.39, 0.29) is 23.7 Å². The molecule has 0 aliphatic carbocycles. The molecule has 132 valence electrons. The van der Waals surface area contributed by atoms with E-state index < -0.39 is 5.63 Å². The van der Waals surface area contributed by atoms with Crippen LogP contribution >= 0.6 is 0 Å². The number of phenolic OH excluding ortho intramolecular Hbond substituents is 1. The number of hydrogen-bond donors (Lipinski definition) is 1. The summed E-state index contributed by atoms with van der Waals surface area (Å²) in [5.41, 5.74) is 2.05. The van der Waals surface area contributed by atoms with Gasteiger partial charge >= 0.3 is 5.63 Å². The van der Waals surface area contributed by atoms with E-state index in [0.29, 0.717) is 16.9 Å². The summed E-state index contributed by atoms with van der Waals surface area (Å²) in [6.07, 6.45) is 5.15. The van der Waals surface area contributed by atoms with Crippen LogP contribution in [0.2, 0.25) is 0 Å². The number of benzene rings is 1. The lowest BCUT2D eigenvalue weighted by atomic mass is 9.98. The maximum atomic E-state index is 11.8. The largest absolute Gasteiger partial charge is 0.504 e. The third kappa shape index (κ3) is 3.14. The van der Waals surface area contributed by atoms with E-state index >= 15 is 0 Å². The summed E-state index contributed by atoms with van der Waals surface area (Å²) in [6, 6.07) is 3.45. The van der Waals surface area contributed by atoms with Gasteiger partial charge in [-0.3, -0.25) is 0 Å². The van der Waals surface area contributed by atoms with Crippen LogP contribution in [0.4, 0.5) is 0 Å². The Bertz CT molecular complexity index is 933. The molecule has 0 radical (unpaired) electrons. The van der Waals surface area contributed by atoms with Crippen molar-refractivity contribution in [2.24, 2.45) is 5.92 Å². The maximum Gasteiger partial charge on any atom is 0.379 e. The Kier molecular flexibility index (Phi) is 4.57. The summed E-state index contributed by atoms with van der Waals surface area (Å²) < 4.78 is 16.0. The molecule has 1 unspecified atom stereocenters. The molecule has 0 bridgehead atoms. The topological polar surface area (TPSA) is 68.9 Å². The molecule has 0 spiro atoms. The Labute approximate surface area is 146 Å². The van der Waals surface area contributed by atoms with Gasteiger partial charge < -0.3 is 19.0 Å². The fourth-order valence-corrected chi connectivity index (χ4v) is 2.90. The van der Waals surface area contributed by atoms with Crippen molar-refractivity contribution >= 4 is 17.0 Å². The minimum absolute atomic E-state index is 0.0638. The van der Waals surface area contributed by atoms with Gasteiger partial charge in [0.05, 0.1) is 7.11 Å². The van der Waals surface area contributed by atoms with Gasteiger partial charge in [0.25, 0.3) is 0 Å². The molecule has 1 aliphatic heterocycles. The predicted molar refractivity (Wildman–Crippen MR) is 96.7 cm³/mol. The van der Waals surface area contributed by atoms with Gasteiger partial charge in [-0.05, 0) is 42.2 Å². The highest BCUT2D eigenvalue weighted by molar-refractivity contribution is 5.88. The van der Waals surface area contributed by atoms with Crippen molar-refractivity contribution in [1.82, 2.24) is 0 Å². The highest BCUT2D eigenvalue weighted by atomic mass is 16.5. The molecule has 0 saturated heterocycles. The molecule has 2 aromatic rings. The fourth-order valence-electron chi connectivity index (χ4n) is 2.90. The van der Waals surface area contributed by atoms with Gasteiger partial charge in [-0.25, -0.2) is 4.79 Å². The Morgan fingerprint density at radius 3 is 2.88 bits per heavy atom. The van der Waals surface area contributed by atoms with Crippen LogP contribution < -0.4 is 10.4 Å². The minimum atomic E-state index is -0.620. The zero-order chi connectivity index (χ0) is 18.1. The number of aromatic hydroxyl groups is 1. The number of fused-ring (bicyclic) bond motifs is 2. The predicted octanol–water partition coefficient (Wildman–Crippen LogP) is 4.37. The van der Waals surface area contributed by atoms with E-state index in [9.17, 15) is 9.90 Å². The van der Waals surface area contributed by atoms with E-state index in [2.05, 4.69) is 19.9 Å². The molecule has 2 heterocycles. The molecule has 0 saturated carbocycles. The molecule has 1 N–H and O–H groups in total. The van der Waals surface area contributed by atoms with Crippen molar-refractivity contribution < 1.29 is 19.0 Å². The monoisotopic (exact) mass is 342 g/mol. The molecule has 3 rings (SSSR count). The highest BCUT2D eigenvalue weighted by Gasteiger charge is 2.21. The van der Waals surface area contributed by atoms with Gasteiger partial charge in [-0.2, -0.15) is 0 Å². The molecule has 25 heavy (non-hydrogen) atoms. The normalized spacial score (nSPS) is 15.4. The zero-order valence-corrected chi connectivity index (χ0v) is 14.9. The minimum Gasteiger partial charge on any atom is -0.504 e. The van der Waals surface area contributed by atoms with Crippen molar-refractivity contribution in [2.45, 2.75) is 33.8 Å². The quantitative estimate of drug-likeness (QED) is 0.836. The van der Waals surface area contributed by atoms with Crippen LogP contribution in [0.3, 0.4) is 0 Å². The van der Waals surface area contributed by atoms with Gasteiger partial charge in [0, 0.05) is 10.9 Å². The first kappa shape index (κ1) is 17.1. The van der Waals surface area contributed by atoms with Crippen molar-refractivity contribution in [3.8, 4) is 11.5 Å². The first-order valence-corrected chi connectivity index (χ1v) is 8.34. The Morgan fingerprint density at radius 1 is 1.44 bits per heavy atom. The number of methoxy groups -OCH3 is 1. The van der Waals surface area contributed by atoms with E-state index in [1.165, 1.54) is 7.11 Å². The van der Waals surface area contributed by atoms with Gasteiger partial charge in [-0.1, -0.05) is 26.3 Å². The summed E-state index contributed by atoms with van der Waals surface area (Å²) in [4.78, 5) is 11.8. The molecule has 1 aromatic heterocycles. The van der Waals surface area contributed by atoms with Crippen molar-refractivity contribution in [3.63, 3.8) is 0 Å². The Balaban J connectivity index is 2.13. The second kappa shape index (κ2) is 6.67. The van der Waals surface area contributed by atoms with Gasteiger partial charge in [-0.15, -0.1) is 0 Å². The number of hydrogen-bond acceptors (Lipinski definition) is 5. The molecule has 1 atom stereocenters. The van der Waals surface area contributed by atoms with Gasteiger partial charge in [0.15, 0.2) is 11.3 Å². The third-order valence-corrected chi connectivity index (χ3v) is 4.55. The lowest BCUT2D eigenvalue weighted by molar-refractivity contribution is 0.201. The standard InChI is InChI=1S/C20H22O5/c1-5-11(2)6-12(3)16-8-13-7-14-9-17(23-4)20(22)25-19(14)18(21)15(13)10-24-16/h6-9,11,21H,5,10H2,1-4H3/b12-6+. The first-order chi connectivity index (χ1) is 11.9. The van der Waals surface area contributed by atoms with Crippen LogP contribution in [0.5, 0.6) is 11.5 Å². The molecule has 0 fully saturated rings. The Morgan fingerprint density at radius 2 is 2.20 bits per heavy atom. The Hall–Kier alpha value is -2.69. The molecule has 1 aromatic carbocycles. The highest BCUT2D eigenvalue weighted by Crippen LogP contribution is 2.37. The van der Waals surface area contributed by atoms with Crippen LogP contribution in [0.25, 0.3) is 17.0 Å². The molecular weight excluding hydrogens is 320 g/mol. The number of allylic oxidation sites excluding steroid dienone is 2. The summed E-state index contributed by atoms with van der Waals surface area (Å²) in [7, 11) is 1.41. The van der Waals surface area contributed by atoms with E-state index in [4.69, 9.17) is 13.9 Å². The number of phenols is 1. The van der Waals surface area contributed by atoms with Crippen molar-refractivity contribution in [1.29, 1.82) is 0 Å². The summed E-state index contributed by atoms with van der Waals surface area (Å²) in [5.74, 6) is 1.30. The van der Waals surface area contributed by atoms with Gasteiger partial charge in [0.1, 0.15) is 12.4 Å². The number of ether oxygens (including phenoxy) is 2. The molecular formula is C20H22O5. The molecule has 1 aliphatic rings. The summed E-state index contributed by atoms with van der Waals surface area (Å²) in [5, 5.41) is 11.1. The second-order valence-corrected chi connectivity index (χ2v) is 6.35. The average Bonchev–Trinajstić information content (AvgIpc) is 2.61. The molecule has 5 nitrogen and oxygen atoms in total. The zero-order valence-electron chi connectivity index (χ0n) is 14.9. The van der Waals surface area contributed by atoms with Crippen LogP contribution in [0.1, 0.15) is 38.3 Å². The van der Waals surface area contributed by atoms with Gasteiger partial charge in [0.2, 0.25) is 5.75 Å². The summed E-state index contributed by atoms with van der Waals surface area (Å²) in [6.45, 7) is 6.55. The lowest BCUT2D eigenvalue weighted by Crippen LogP contribution is -2.07. The van der Waals surface area contributed by atoms with Crippen LogP contribution in [-0.4, -0.2) is 12.2 Å². The van der Waals surface area contributed by atoms with E-state index in [0.717, 1.165) is 23.3 Å². The smallest absolute Gasteiger partial charge is 0.379 e. The summed E-state index contributed by atoms with van der Waals surface area (Å²) >= 11 is 0. The van der Waals surface area contributed by atoms with E-state index in [1.54, 1.807) is 6.07 Å². The molecule has 0 amide bonds. The lowest BCUT2D eigenvalue weighted by Gasteiger charge is -2.21. The van der Waals surface area contributed by atoms with Crippen molar-refractivity contribution in [3.05, 3.63) is 51.1 Å². The van der Waals surface area contributed by atoms with Crippen LogP contribution in [0.15, 0.2) is 38.8 Å². The fraction of sp³-hybridized carbons (Fsp3) is 0.350. The average molecular weight is 342 g/mol. The second-order valence-electron chi connectivity index (χ2n) is 6.35.